The molecule has 0 spiro atoms. The highest BCUT2D eigenvalue weighted by Gasteiger charge is 2.56. The van der Waals surface area contributed by atoms with Crippen molar-refractivity contribution in [1.82, 2.24) is 34.9 Å². The molecular formula is C20H26N10O8S2. The first-order valence-electron chi connectivity index (χ1n) is 12.1. The van der Waals surface area contributed by atoms with Crippen molar-refractivity contribution in [2.75, 3.05) is 5.73 Å². The number of aliphatic carboxylic acids is 1. The summed E-state index contributed by atoms with van der Waals surface area (Å²) in [6.45, 7) is 0.0944. The monoisotopic (exact) mass is 598 g/mol. The Morgan fingerprint density at radius 1 is 1.32 bits per heavy atom. The van der Waals surface area contributed by atoms with Crippen molar-refractivity contribution < 1.29 is 37.3 Å². The highest BCUT2D eigenvalue weighted by atomic mass is 32.2. The Morgan fingerprint density at radius 2 is 2.05 bits per heavy atom. The number of carbonyl (C=O) groups excluding carboxylic acids is 2. The van der Waals surface area contributed by atoms with E-state index in [4.69, 9.17) is 16.3 Å². The minimum Gasteiger partial charge on any atom is -0.478 e. The first kappa shape index (κ1) is 27.8. The molecule has 0 radical (unpaired) electrons. The van der Waals surface area contributed by atoms with E-state index in [0.29, 0.717) is 12.2 Å². The summed E-state index contributed by atoms with van der Waals surface area (Å²) >= 11 is 0.979. The molecule has 216 valence electrons. The van der Waals surface area contributed by atoms with Crippen molar-refractivity contribution in [3.05, 3.63) is 23.0 Å². The fourth-order valence-electron chi connectivity index (χ4n) is 4.29. The van der Waals surface area contributed by atoms with Crippen molar-refractivity contribution in [2.45, 2.75) is 68.5 Å². The molecule has 2 aromatic heterocycles. The minimum absolute atomic E-state index is 0.0468. The number of carboxylic acid groups (broad SMARTS) is 1. The number of hydrogen-bond acceptors (Lipinski definition) is 14. The molecule has 2 unspecified atom stereocenters. The third kappa shape index (κ3) is 5.61. The van der Waals surface area contributed by atoms with E-state index in [1.54, 1.807) is 0 Å². The summed E-state index contributed by atoms with van der Waals surface area (Å²) in [6.07, 6.45) is 3.49. The number of amides is 2. The highest BCUT2D eigenvalue weighted by molar-refractivity contribution is 7.84. The summed E-state index contributed by atoms with van der Waals surface area (Å²) in [6, 6.07) is -2.30. The lowest BCUT2D eigenvalue weighted by Crippen LogP contribution is -2.73. The van der Waals surface area contributed by atoms with E-state index in [1.807, 2.05) is 0 Å². The molecule has 0 aromatic carbocycles. The van der Waals surface area contributed by atoms with E-state index in [2.05, 4.69) is 31.0 Å². The lowest BCUT2D eigenvalue weighted by Gasteiger charge is -2.43. The first-order chi connectivity index (χ1) is 18.9. The highest BCUT2D eigenvalue weighted by Crippen LogP contribution is 2.40. The van der Waals surface area contributed by atoms with Crippen LogP contribution < -0.4 is 22.1 Å². The van der Waals surface area contributed by atoms with Gasteiger partial charge in [-0.2, -0.15) is 23.4 Å². The van der Waals surface area contributed by atoms with E-state index >= 15 is 0 Å². The SMILES string of the molecule is Nc1nc(C(=NOC2(C(=O)O)CC2)C(=O)NC2C(=O)N(S(=O)(=O)O)C2Cn2ncc(CNC3CC(N)C3)n2)cs1. The predicted octanol–water partition coefficient (Wildman–Crippen LogP) is -2.57. The average molecular weight is 599 g/mol. The summed E-state index contributed by atoms with van der Waals surface area (Å²) in [5.74, 6) is -3.38. The van der Waals surface area contributed by atoms with Crippen LogP contribution in [0.5, 0.6) is 0 Å². The summed E-state index contributed by atoms with van der Waals surface area (Å²) in [5, 5.41) is 28.5. The fourth-order valence-corrected chi connectivity index (χ4v) is 5.71. The molecule has 2 atom stereocenters. The van der Waals surface area contributed by atoms with Crippen LogP contribution >= 0.6 is 11.3 Å². The van der Waals surface area contributed by atoms with E-state index in [0.717, 1.165) is 29.0 Å². The van der Waals surface area contributed by atoms with Gasteiger partial charge in [0.15, 0.2) is 10.8 Å². The van der Waals surface area contributed by atoms with Gasteiger partial charge in [-0.15, -0.1) is 11.3 Å². The third-order valence-corrected chi connectivity index (χ3v) is 8.39. The van der Waals surface area contributed by atoms with Gasteiger partial charge in [-0.1, -0.05) is 5.16 Å². The molecule has 20 heteroatoms. The smallest absolute Gasteiger partial charge is 0.362 e. The van der Waals surface area contributed by atoms with Crippen LogP contribution in [0.15, 0.2) is 16.7 Å². The van der Waals surface area contributed by atoms with Crippen LogP contribution in [0.2, 0.25) is 0 Å². The number of nitrogens with zero attached hydrogens (tertiary/aromatic N) is 6. The summed E-state index contributed by atoms with van der Waals surface area (Å²) in [7, 11) is -4.98. The van der Waals surface area contributed by atoms with Crippen molar-refractivity contribution >= 4 is 50.3 Å². The van der Waals surface area contributed by atoms with Gasteiger partial charge < -0.3 is 32.0 Å². The minimum atomic E-state index is -4.98. The number of thiazole rings is 1. The van der Waals surface area contributed by atoms with Crippen molar-refractivity contribution in [3.8, 4) is 0 Å². The van der Waals surface area contributed by atoms with Gasteiger partial charge in [0.1, 0.15) is 17.8 Å². The Hall–Kier alpha value is -3.72. The number of carboxylic acids is 1. The Balaban J connectivity index is 1.31. The molecule has 3 heterocycles. The first-order valence-corrected chi connectivity index (χ1v) is 14.3. The van der Waals surface area contributed by atoms with Crippen LogP contribution in [-0.4, -0.2) is 95.6 Å². The second-order valence-electron chi connectivity index (χ2n) is 9.73. The molecule has 1 saturated heterocycles. The Labute approximate surface area is 230 Å². The number of carbonyl (C=O) groups is 3. The van der Waals surface area contributed by atoms with Crippen molar-refractivity contribution in [1.29, 1.82) is 0 Å². The fraction of sp³-hybridized carbons (Fsp3) is 0.550. The van der Waals surface area contributed by atoms with E-state index < -0.39 is 51.5 Å². The van der Waals surface area contributed by atoms with Gasteiger partial charge in [0, 0.05) is 36.9 Å². The molecule has 3 fully saturated rings. The predicted molar refractivity (Wildman–Crippen MR) is 136 cm³/mol. The molecule has 40 heavy (non-hydrogen) atoms. The van der Waals surface area contributed by atoms with Crippen LogP contribution in [0.1, 0.15) is 37.1 Å². The van der Waals surface area contributed by atoms with Gasteiger partial charge in [0.2, 0.25) is 5.60 Å². The number of rotatable bonds is 12. The number of β-lactam (4-membered cyclic amide) rings is 1. The molecule has 3 aliphatic rings. The quantitative estimate of drug-likeness (QED) is 0.0634. The molecule has 2 aromatic rings. The molecule has 18 nitrogen and oxygen atoms in total. The number of anilines is 1. The molecule has 2 amide bonds. The van der Waals surface area contributed by atoms with Crippen LogP contribution in [0.25, 0.3) is 0 Å². The Bertz CT molecular complexity index is 1460. The normalized spacial score (nSPS) is 25.6. The molecular weight excluding hydrogens is 572 g/mol. The Morgan fingerprint density at radius 3 is 2.62 bits per heavy atom. The van der Waals surface area contributed by atoms with Crippen molar-refractivity contribution in [2.24, 2.45) is 10.9 Å². The van der Waals surface area contributed by atoms with E-state index in [9.17, 15) is 32.5 Å². The van der Waals surface area contributed by atoms with Gasteiger partial charge in [-0.3, -0.25) is 14.1 Å². The second kappa shape index (κ2) is 10.4. The second-order valence-corrected chi connectivity index (χ2v) is 11.9. The van der Waals surface area contributed by atoms with Gasteiger partial charge in [-0.05, 0) is 12.8 Å². The number of nitrogens with two attached hydrogens (primary N) is 2. The third-order valence-electron chi connectivity index (χ3n) is 6.77. The summed E-state index contributed by atoms with van der Waals surface area (Å²) in [5.41, 5.74) is 9.88. The number of hydrogen-bond donors (Lipinski definition) is 6. The van der Waals surface area contributed by atoms with Crippen molar-refractivity contribution in [3.63, 3.8) is 0 Å². The number of nitrogen functional groups attached to an aromatic ring is 1. The molecule has 0 bridgehead atoms. The number of oxime groups is 1. The topological polar surface area (TPSA) is 270 Å². The van der Waals surface area contributed by atoms with Gasteiger partial charge in [0.25, 0.3) is 11.8 Å². The van der Waals surface area contributed by atoms with Gasteiger partial charge in [0.05, 0.1) is 18.4 Å². The molecule has 2 aliphatic carbocycles. The Kier molecular flexibility index (Phi) is 7.20. The van der Waals surface area contributed by atoms with E-state index in [1.165, 1.54) is 11.6 Å². The standard InChI is InChI=1S/C20H26N10O8S2/c21-9-3-10(4-9)23-5-11-6-24-29(27-11)7-13-15(17(32)30(13)40(35,36)37)26-16(31)14(12-8-39-19(22)25-12)28-38-20(1-2-20)18(33)34/h6,8-10,13,15,23H,1-5,7,21H2,(H2,22,25)(H,26,31)(H,33,34)(H,35,36,37). The van der Waals surface area contributed by atoms with Gasteiger partial charge >= 0.3 is 16.3 Å². The zero-order chi connectivity index (χ0) is 28.8. The maximum Gasteiger partial charge on any atom is 0.362 e. The van der Waals surface area contributed by atoms with Crippen LogP contribution in [0, 0.1) is 0 Å². The average Bonchev–Trinajstić information content (AvgIpc) is 3.32. The molecule has 2 saturated carbocycles. The maximum atomic E-state index is 13.2. The lowest BCUT2D eigenvalue weighted by molar-refractivity contribution is -0.153. The van der Waals surface area contributed by atoms with E-state index in [-0.39, 0.29) is 46.6 Å². The largest absolute Gasteiger partial charge is 0.478 e. The van der Waals surface area contributed by atoms with Crippen LogP contribution in [-0.2, 0) is 42.6 Å². The summed E-state index contributed by atoms with van der Waals surface area (Å²) in [4.78, 5) is 47.6. The molecule has 1 aliphatic heterocycles. The zero-order valence-electron chi connectivity index (χ0n) is 20.7. The van der Waals surface area contributed by atoms with Gasteiger partial charge in [-0.25, -0.2) is 14.1 Å². The lowest BCUT2D eigenvalue weighted by atomic mass is 9.88. The number of aromatic nitrogens is 4. The molecule has 5 rings (SSSR count). The zero-order valence-corrected chi connectivity index (χ0v) is 22.3. The molecule has 8 N–H and O–H groups in total. The van der Waals surface area contributed by atoms with Crippen LogP contribution in [0.3, 0.4) is 0 Å². The van der Waals surface area contributed by atoms with Crippen LogP contribution in [0.4, 0.5) is 5.13 Å². The number of nitrogens with one attached hydrogen (secondary N) is 2. The maximum absolute atomic E-state index is 13.2. The summed E-state index contributed by atoms with van der Waals surface area (Å²) < 4.78 is 33.6.